The first kappa shape index (κ1) is 11.3. The molecule has 6 nitrogen and oxygen atoms in total. The highest BCUT2D eigenvalue weighted by molar-refractivity contribution is 5.96. The van der Waals surface area contributed by atoms with Crippen molar-refractivity contribution < 1.29 is 4.92 Å². The zero-order chi connectivity index (χ0) is 9.14. The maximum absolute atomic E-state index is 10.3. The number of nitrogens with two attached hydrogens (primary N) is 1. The smallest absolute Gasteiger partial charge is 0.298 e. The number of pyridine rings is 1. The monoisotopic (exact) mass is 202 g/mol. The van der Waals surface area contributed by atoms with E-state index in [1.54, 1.807) is 0 Å². The highest BCUT2D eigenvalue weighted by Gasteiger charge is 2.15. The standard InChI is InChI=1S/C6H6N4O2.ClH/c7-6(8)5-4(10(11)12)2-1-3-9-5;/h1-3H,(H3,7,8);1H. The second kappa shape index (κ2) is 4.36. The molecule has 0 aromatic carbocycles. The summed E-state index contributed by atoms with van der Waals surface area (Å²) in [6, 6.07) is 2.67. The van der Waals surface area contributed by atoms with Gasteiger partial charge in [-0.25, -0.2) is 4.98 Å². The lowest BCUT2D eigenvalue weighted by Gasteiger charge is -1.96. The van der Waals surface area contributed by atoms with Gasteiger partial charge in [0.25, 0.3) is 5.69 Å². The largest absolute Gasteiger partial charge is 0.382 e. The number of nitrogens with one attached hydrogen (secondary N) is 1. The zero-order valence-corrected chi connectivity index (χ0v) is 7.25. The van der Waals surface area contributed by atoms with Crippen molar-refractivity contribution in [2.45, 2.75) is 0 Å². The zero-order valence-electron chi connectivity index (χ0n) is 6.43. The fourth-order valence-corrected chi connectivity index (χ4v) is 0.752. The van der Waals surface area contributed by atoms with Crippen LogP contribution in [0.1, 0.15) is 5.69 Å². The van der Waals surface area contributed by atoms with E-state index in [2.05, 4.69) is 4.98 Å². The summed E-state index contributed by atoms with van der Waals surface area (Å²) in [6.45, 7) is 0. The lowest BCUT2D eigenvalue weighted by Crippen LogP contribution is -2.15. The number of hydrogen-bond donors (Lipinski definition) is 2. The van der Waals surface area contributed by atoms with Gasteiger partial charge in [-0.3, -0.25) is 15.5 Å². The molecular weight excluding hydrogens is 196 g/mol. The first-order valence-electron chi connectivity index (χ1n) is 3.06. The van der Waals surface area contributed by atoms with E-state index in [1.807, 2.05) is 0 Å². The molecular formula is C6H7ClN4O2. The van der Waals surface area contributed by atoms with Gasteiger partial charge in [-0.05, 0) is 6.07 Å². The molecule has 0 unspecified atom stereocenters. The number of amidine groups is 1. The van der Waals surface area contributed by atoms with Crippen molar-refractivity contribution in [3.8, 4) is 0 Å². The minimum absolute atomic E-state index is 0. The number of nitro groups is 1. The lowest BCUT2D eigenvalue weighted by atomic mass is 10.3. The third-order valence-corrected chi connectivity index (χ3v) is 1.24. The van der Waals surface area contributed by atoms with Gasteiger partial charge in [-0.1, -0.05) is 0 Å². The summed E-state index contributed by atoms with van der Waals surface area (Å²) >= 11 is 0. The summed E-state index contributed by atoms with van der Waals surface area (Å²) in [7, 11) is 0. The van der Waals surface area contributed by atoms with Gasteiger partial charge in [0, 0.05) is 12.3 Å². The molecule has 0 amide bonds. The van der Waals surface area contributed by atoms with Crippen LogP contribution < -0.4 is 5.73 Å². The minimum Gasteiger partial charge on any atom is -0.382 e. The van der Waals surface area contributed by atoms with Crippen molar-refractivity contribution in [2.75, 3.05) is 0 Å². The van der Waals surface area contributed by atoms with E-state index in [-0.39, 0.29) is 23.8 Å². The Hall–Kier alpha value is -1.69. The van der Waals surface area contributed by atoms with Crippen LogP contribution in [-0.4, -0.2) is 15.7 Å². The number of nitrogen functional groups attached to an aromatic ring is 1. The molecule has 0 atom stereocenters. The third kappa shape index (κ3) is 2.38. The molecule has 1 rings (SSSR count). The van der Waals surface area contributed by atoms with Gasteiger partial charge in [-0.15, -0.1) is 12.4 Å². The van der Waals surface area contributed by atoms with Crippen LogP contribution >= 0.6 is 12.4 Å². The maximum atomic E-state index is 10.3. The minimum atomic E-state index is -0.621. The van der Waals surface area contributed by atoms with Crippen LogP contribution in [0.15, 0.2) is 18.3 Å². The highest BCUT2D eigenvalue weighted by Crippen LogP contribution is 2.13. The van der Waals surface area contributed by atoms with Crippen LogP contribution in [0.4, 0.5) is 5.69 Å². The molecule has 0 aliphatic carbocycles. The Balaban J connectivity index is 0.00000144. The van der Waals surface area contributed by atoms with Crippen molar-refractivity contribution in [2.24, 2.45) is 5.73 Å². The van der Waals surface area contributed by atoms with E-state index in [4.69, 9.17) is 11.1 Å². The van der Waals surface area contributed by atoms with Crippen molar-refractivity contribution in [1.82, 2.24) is 4.98 Å². The molecule has 1 heterocycles. The quantitative estimate of drug-likeness (QED) is 0.319. The first-order valence-corrected chi connectivity index (χ1v) is 3.06. The summed E-state index contributed by atoms with van der Waals surface area (Å²) in [4.78, 5) is 13.3. The summed E-state index contributed by atoms with van der Waals surface area (Å²) in [5.41, 5.74) is 4.73. The summed E-state index contributed by atoms with van der Waals surface area (Å²) in [5, 5.41) is 17.3. The van der Waals surface area contributed by atoms with Gasteiger partial charge in [0.15, 0.2) is 5.69 Å². The molecule has 1 aromatic heterocycles. The van der Waals surface area contributed by atoms with Crippen LogP contribution in [0, 0.1) is 15.5 Å². The van der Waals surface area contributed by atoms with Crippen molar-refractivity contribution >= 4 is 23.9 Å². The van der Waals surface area contributed by atoms with Crippen LogP contribution in [0.3, 0.4) is 0 Å². The fraction of sp³-hybridized carbons (Fsp3) is 0. The Morgan fingerprint density at radius 1 is 1.69 bits per heavy atom. The molecule has 7 heteroatoms. The molecule has 13 heavy (non-hydrogen) atoms. The number of rotatable bonds is 2. The van der Waals surface area contributed by atoms with Crippen LogP contribution in [0.25, 0.3) is 0 Å². The molecule has 0 fully saturated rings. The molecule has 1 aromatic rings. The van der Waals surface area contributed by atoms with Crippen molar-refractivity contribution in [1.29, 1.82) is 5.41 Å². The van der Waals surface area contributed by atoms with E-state index in [9.17, 15) is 10.1 Å². The molecule has 0 aliphatic heterocycles. The summed E-state index contributed by atoms with van der Waals surface area (Å²) < 4.78 is 0. The second-order valence-corrected chi connectivity index (χ2v) is 2.04. The summed E-state index contributed by atoms with van der Waals surface area (Å²) in [5.74, 6) is -0.401. The van der Waals surface area contributed by atoms with E-state index in [0.29, 0.717) is 0 Å². The van der Waals surface area contributed by atoms with Crippen molar-refractivity contribution in [3.63, 3.8) is 0 Å². The molecule has 0 saturated heterocycles. The number of aromatic nitrogens is 1. The molecule has 0 bridgehead atoms. The van der Waals surface area contributed by atoms with E-state index in [1.165, 1.54) is 18.3 Å². The normalized spacial score (nSPS) is 8.62. The van der Waals surface area contributed by atoms with E-state index in [0.717, 1.165) is 0 Å². The van der Waals surface area contributed by atoms with E-state index >= 15 is 0 Å². The SMILES string of the molecule is Cl.N=C(N)c1ncccc1[N+](=O)[O-]. The van der Waals surface area contributed by atoms with Gasteiger partial charge in [-0.2, -0.15) is 0 Å². The van der Waals surface area contributed by atoms with Crippen LogP contribution in [0.2, 0.25) is 0 Å². The number of hydrogen-bond acceptors (Lipinski definition) is 4. The lowest BCUT2D eigenvalue weighted by molar-refractivity contribution is -0.385. The topological polar surface area (TPSA) is 106 Å². The average molecular weight is 203 g/mol. The Bertz CT molecular complexity index is 308. The Morgan fingerprint density at radius 2 is 2.31 bits per heavy atom. The second-order valence-electron chi connectivity index (χ2n) is 2.04. The molecule has 0 saturated carbocycles. The predicted molar refractivity (Wildman–Crippen MR) is 49.2 cm³/mol. The van der Waals surface area contributed by atoms with Gasteiger partial charge >= 0.3 is 0 Å². The Kier molecular flexibility index (Phi) is 3.80. The van der Waals surface area contributed by atoms with Gasteiger partial charge < -0.3 is 5.73 Å². The van der Waals surface area contributed by atoms with Gasteiger partial charge in [0.2, 0.25) is 0 Å². The highest BCUT2D eigenvalue weighted by atomic mass is 35.5. The summed E-state index contributed by atoms with van der Waals surface area (Å²) in [6.07, 6.45) is 1.35. The Morgan fingerprint density at radius 3 is 2.69 bits per heavy atom. The van der Waals surface area contributed by atoms with Gasteiger partial charge in [0.05, 0.1) is 4.92 Å². The molecule has 0 spiro atoms. The average Bonchev–Trinajstić information content (AvgIpc) is 2.04. The number of nitrogens with zero attached hydrogens (tertiary/aromatic N) is 2. The van der Waals surface area contributed by atoms with E-state index < -0.39 is 10.8 Å². The predicted octanol–water partition coefficient (Wildman–Crippen LogP) is 0.696. The van der Waals surface area contributed by atoms with Crippen molar-refractivity contribution in [3.05, 3.63) is 34.1 Å². The molecule has 0 aliphatic rings. The third-order valence-electron chi connectivity index (χ3n) is 1.24. The molecule has 3 N–H and O–H groups in total. The number of halogens is 1. The van der Waals surface area contributed by atoms with Crippen LogP contribution in [0.5, 0.6) is 0 Å². The fourth-order valence-electron chi connectivity index (χ4n) is 0.752. The maximum Gasteiger partial charge on any atom is 0.298 e. The first-order chi connectivity index (χ1) is 5.63. The van der Waals surface area contributed by atoms with Crippen LogP contribution in [-0.2, 0) is 0 Å². The molecule has 70 valence electrons. The van der Waals surface area contributed by atoms with Gasteiger partial charge in [0.1, 0.15) is 5.84 Å². The Labute approximate surface area is 79.8 Å². The molecule has 0 radical (unpaired) electrons.